The molecule has 0 aliphatic rings. The molecule has 4 nitrogen and oxygen atoms in total. The monoisotopic (exact) mass is 226 g/mol. The summed E-state index contributed by atoms with van der Waals surface area (Å²) in [7, 11) is -2.15. The second-order valence-electron chi connectivity index (χ2n) is 2.80. The molecule has 0 radical (unpaired) electrons. The van der Waals surface area contributed by atoms with Crippen LogP contribution in [0.3, 0.4) is 0 Å². The minimum Gasteiger partial charge on any atom is -0.493 e. The van der Waals surface area contributed by atoms with E-state index in [1.54, 1.807) is 6.07 Å². The fourth-order valence-corrected chi connectivity index (χ4v) is 1.45. The number of methoxy groups -OCH3 is 1. The molecule has 0 saturated carbocycles. The SMILES string of the molecule is C#Cc1ccc(OS(C)(=O)=O)c(OC)c1. The number of ether oxygens (including phenoxy) is 1. The lowest BCUT2D eigenvalue weighted by molar-refractivity contribution is 0.391. The first-order valence-corrected chi connectivity index (χ1v) is 5.82. The maximum Gasteiger partial charge on any atom is 0.306 e. The molecule has 0 atom stereocenters. The molecule has 0 amide bonds. The van der Waals surface area contributed by atoms with E-state index >= 15 is 0 Å². The molecule has 1 aromatic rings. The van der Waals surface area contributed by atoms with Gasteiger partial charge in [-0.1, -0.05) is 5.92 Å². The molecule has 0 aliphatic carbocycles. The topological polar surface area (TPSA) is 52.6 Å². The van der Waals surface area contributed by atoms with E-state index in [0.717, 1.165) is 6.26 Å². The molecular weight excluding hydrogens is 216 g/mol. The van der Waals surface area contributed by atoms with Gasteiger partial charge in [-0.2, -0.15) is 8.42 Å². The van der Waals surface area contributed by atoms with E-state index in [9.17, 15) is 8.42 Å². The molecule has 1 rings (SSSR count). The normalized spacial score (nSPS) is 10.5. The van der Waals surface area contributed by atoms with E-state index < -0.39 is 10.1 Å². The minimum atomic E-state index is -3.56. The van der Waals surface area contributed by atoms with Crippen molar-refractivity contribution in [2.45, 2.75) is 0 Å². The Hall–Kier alpha value is -1.67. The molecular formula is C10H10O4S. The summed E-state index contributed by atoms with van der Waals surface area (Å²) in [5.41, 5.74) is 0.590. The predicted octanol–water partition coefficient (Wildman–Crippen LogP) is 1.01. The fraction of sp³-hybridized carbons (Fsp3) is 0.200. The van der Waals surface area contributed by atoms with Crippen LogP contribution in [0.2, 0.25) is 0 Å². The van der Waals surface area contributed by atoms with Gasteiger partial charge in [0.1, 0.15) is 0 Å². The third-order valence-electron chi connectivity index (χ3n) is 1.57. The zero-order valence-corrected chi connectivity index (χ0v) is 9.17. The van der Waals surface area contributed by atoms with E-state index in [2.05, 4.69) is 5.92 Å². The summed E-state index contributed by atoms with van der Waals surface area (Å²) in [5.74, 6) is 2.82. The number of hydrogen-bond donors (Lipinski definition) is 0. The van der Waals surface area contributed by atoms with Gasteiger partial charge in [-0.25, -0.2) is 0 Å². The second-order valence-corrected chi connectivity index (χ2v) is 4.37. The quantitative estimate of drug-likeness (QED) is 0.570. The third kappa shape index (κ3) is 3.18. The summed E-state index contributed by atoms with van der Waals surface area (Å²) >= 11 is 0. The van der Waals surface area contributed by atoms with Crippen molar-refractivity contribution in [1.29, 1.82) is 0 Å². The van der Waals surface area contributed by atoms with Crippen LogP contribution in [0, 0.1) is 12.3 Å². The zero-order valence-electron chi connectivity index (χ0n) is 8.35. The average Bonchev–Trinajstić information content (AvgIpc) is 2.16. The van der Waals surface area contributed by atoms with E-state index in [0.29, 0.717) is 5.56 Å². The number of benzene rings is 1. The van der Waals surface area contributed by atoms with Gasteiger partial charge >= 0.3 is 10.1 Å². The Labute approximate surface area is 89.0 Å². The first kappa shape index (κ1) is 11.4. The van der Waals surface area contributed by atoms with E-state index in [1.165, 1.54) is 19.2 Å². The van der Waals surface area contributed by atoms with Crippen molar-refractivity contribution in [3.63, 3.8) is 0 Å². The first-order chi connectivity index (χ1) is 6.96. The van der Waals surface area contributed by atoms with Gasteiger partial charge < -0.3 is 8.92 Å². The van der Waals surface area contributed by atoms with Crippen LogP contribution in [0.5, 0.6) is 11.5 Å². The molecule has 0 heterocycles. The summed E-state index contributed by atoms with van der Waals surface area (Å²) in [6.45, 7) is 0. The zero-order chi connectivity index (χ0) is 11.5. The van der Waals surface area contributed by atoms with Crippen molar-refractivity contribution in [2.75, 3.05) is 13.4 Å². The van der Waals surface area contributed by atoms with E-state index in [4.69, 9.17) is 15.3 Å². The number of rotatable bonds is 3. The van der Waals surface area contributed by atoms with Crippen LogP contribution in [0.15, 0.2) is 18.2 Å². The van der Waals surface area contributed by atoms with Gasteiger partial charge in [0.25, 0.3) is 0 Å². The molecule has 0 bridgehead atoms. The molecule has 0 N–H and O–H groups in total. The van der Waals surface area contributed by atoms with Crippen molar-refractivity contribution in [3.05, 3.63) is 23.8 Å². The van der Waals surface area contributed by atoms with Crippen LogP contribution in [0.25, 0.3) is 0 Å². The van der Waals surface area contributed by atoms with Gasteiger partial charge in [-0.3, -0.25) is 0 Å². The van der Waals surface area contributed by atoms with Crippen LogP contribution >= 0.6 is 0 Å². The molecule has 0 fully saturated rings. The Balaban J connectivity index is 3.15. The Morgan fingerprint density at radius 3 is 2.47 bits per heavy atom. The first-order valence-electron chi connectivity index (χ1n) is 4.00. The maximum absolute atomic E-state index is 10.9. The Morgan fingerprint density at radius 1 is 1.33 bits per heavy atom. The van der Waals surface area contributed by atoms with Crippen molar-refractivity contribution in [1.82, 2.24) is 0 Å². The van der Waals surface area contributed by atoms with Crippen LogP contribution in [0.1, 0.15) is 5.56 Å². The predicted molar refractivity (Wildman–Crippen MR) is 56.4 cm³/mol. The lowest BCUT2D eigenvalue weighted by Gasteiger charge is -2.08. The fourth-order valence-electron chi connectivity index (χ4n) is 0.989. The van der Waals surface area contributed by atoms with Crippen LogP contribution in [0.4, 0.5) is 0 Å². The molecule has 0 saturated heterocycles. The summed E-state index contributed by atoms with van der Waals surface area (Å²) < 4.78 is 31.5. The summed E-state index contributed by atoms with van der Waals surface area (Å²) in [6.07, 6.45) is 6.15. The van der Waals surface area contributed by atoms with E-state index in [1.807, 2.05) is 0 Å². The summed E-state index contributed by atoms with van der Waals surface area (Å²) in [4.78, 5) is 0. The standard InChI is InChI=1S/C10H10O4S/c1-4-8-5-6-9(10(7-8)13-2)14-15(3,11)12/h1,5-7H,2-3H3. The molecule has 0 aromatic heterocycles. The second kappa shape index (κ2) is 4.24. The molecule has 0 aliphatic heterocycles. The number of hydrogen-bond acceptors (Lipinski definition) is 4. The molecule has 0 unspecified atom stereocenters. The highest BCUT2D eigenvalue weighted by Gasteiger charge is 2.10. The summed E-state index contributed by atoms with van der Waals surface area (Å²) in [5, 5.41) is 0. The molecule has 1 aromatic carbocycles. The molecule has 0 spiro atoms. The lowest BCUT2D eigenvalue weighted by Crippen LogP contribution is -2.06. The van der Waals surface area contributed by atoms with Gasteiger partial charge in [-0.05, 0) is 18.2 Å². The van der Waals surface area contributed by atoms with Crippen molar-refractivity contribution < 1.29 is 17.3 Å². The van der Waals surface area contributed by atoms with Crippen molar-refractivity contribution in [3.8, 4) is 23.8 Å². The maximum atomic E-state index is 10.9. The lowest BCUT2D eigenvalue weighted by atomic mass is 10.2. The van der Waals surface area contributed by atoms with Crippen molar-refractivity contribution in [2.24, 2.45) is 0 Å². The van der Waals surface area contributed by atoms with Gasteiger partial charge in [-0.15, -0.1) is 6.42 Å². The molecule has 15 heavy (non-hydrogen) atoms. The molecule has 80 valence electrons. The van der Waals surface area contributed by atoms with Gasteiger partial charge in [0.2, 0.25) is 0 Å². The minimum absolute atomic E-state index is 0.124. The third-order valence-corrected chi connectivity index (χ3v) is 2.05. The molecule has 5 heteroatoms. The Bertz CT molecular complexity index is 497. The van der Waals surface area contributed by atoms with Crippen molar-refractivity contribution >= 4 is 10.1 Å². The Morgan fingerprint density at radius 2 is 2.00 bits per heavy atom. The van der Waals surface area contributed by atoms with Crippen LogP contribution < -0.4 is 8.92 Å². The smallest absolute Gasteiger partial charge is 0.306 e. The van der Waals surface area contributed by atoms with Crippen LogP contribution in [-0.2, 0) is 10.1 Å². The van der Waals surface area contributed by atoms with Gasteiger partial charge in [0, 0.05) is 5.56 Å². The highest BCUT2D eigenvalue weighted by atomic mass is 32.2. The number of terminal acetylenes is 1. The largest absolute Gasteiger partial charge is 0.493 e. The summed E-state index contributed by atoms with van der Waals surface area (Å²) in [6, 6.07) is 4.55. The highest BCUT2D eigenvalue weighted by molar-refractivity contribution is 7.86. The van der Waals surface area contributed by atoms with E-state index in [-0.39, 0.29) is 11.5 Å². The highest BCUT2D eigenvalue weighted by Crippen LogP contribution is 2.28. The van der Waals surface area contributed by atoms with Crippen LogP contribution in [-0.4, -0.2) is 21.8 Å². The van der Waals surface area contributed by atoms with Gasteiger partial charge in [0.05, 0.1) is 13.4 Å². The Kier molecular flexibility index (Phi) is 3.22. The average molecular weight is 226 g/mol. The van der Waals surface area contributed by atoms with Gasteiger partial charge in [0.15, 0.2) is 11.5 Å².